The average molecular weight is 362 g/mol. The minimum Gasteiger partial charge on any atom is -0.356 e. The molecule has 3 amide bonds. The number of imidazole rings is 1. The molecule has 0 spiro atoms. The Morgan fingerprint density at radius 1 is 1.44 bits per heavy atom. The molecule has 1 aliphatic heterocycles. The largest absolute Gasteiger partial charge is 0.356 e. The second-order valence-corrected chi connectivity index (χ2v) is 6.96. The monoisotopic (exact) mass is 362 g/mol. The van der Waals surface area contributed by atoms with E-state index in [-0.39, 0.29) is 24.4 Å². The summed E-state index contributed by atoms with van der Waals surface area (Å²) in [6.07, 6.45) is 5.60. The molecule has 0 fully saturated rings. The van der Waals surface area contributed by atoms with Crippen molar-refractivity contribution >= 4 is 28.4 Å². The van der Waals surface area contributed by atoms with Crippen LogP contribution in [0.2, 0.25) is 0 Å². The smallest absolute Gasteiger partial charge is 0.321 e. The molecule has 3 N–H and O–H groups in total. The van der Waals surface area contributed by atoms with Gasteiger partial charge in [-0.25, -0.2) is 14.8 Å². The number of urea groups is 1. The number of anilines is 1. The van der Waals surface area contributed by atoms with Crippen molar-refractivity contribution in [2.45, 2.75) is 45.2 Å². The van der Waals surface area contributed by atoms with Crippen LogP contribution < -0.4 is 16.0 Å². The van der Waals surface area contributed by atoms with Crippen LogP contribution in [0, 0.1) is 0 Å². The molecular weight excluding hydrogens is 340 g/mol. The number of hydrogen-bond donors (Lipinski definition) is 3. The molecule has 8 nitrogen and oxygen atoms in total. The number of rotatable bonds is 6. The number of amides is 3. The van der Waals surface area contributed by atoms with E-state index < -0.39 is 0 Å². The zero-order valence-corrected chi connectivity index (χ0v) is 15.1. The van der Waals surface area contributed by atoms with Crippen LogP contribution in [0.1, 0.15) is 50.3 Å². The van der Waals surface area contributed by atoms with Gasteiger partial charge in [-0.05, 0) is 19.8 Å². The standard InChI is InChI=1S/C16H22N6O2S/c1-3-4-17-13(23)8-11-9-25-16(19-11)21-15(24)20-12-7-10(2)22-6-5-18-14(12)22/h5-6,9-10,12H,3-4,7-8H2,1-2H3,(H,17,23)(H2,19,20,21,24). The van der Waals surface area contributed by atoms with Gasteiger partial charge in [0.2, 0.25) is 5.91 Å². The third-order valence-electron chi connectivity index (χ3n) is 4.05. The van der Waals surface area contributed by atoms with E-state index in [0.717, 1.165) is 18.7 Å². The first-order valence-corrected chi connectivity index (χ1v) is 9.26. The second kappa shape index (κ2) is 7.64. The molecule has 0 radical (unpaired) electrons. The van der Waals surface area contributed by atoms with E-state index >= 15 is 0 Å². The van der Waals surface area contributed by atoms with Gasteiger partial charge in [-0.1, -0.05) is 6.92 Å². The number of aromatic nitrogens is 3. The lowest BCUT2D eigenvalue weighted by Crippen LogP contribution is -2.32. The minimum absolute atomic E-state index is 0.0602. The van der Waals surface area contributed by atoms with E-state index in [1.165, 1.54) is 11.3 Å². The van der Waals surface area contributed by atoms with Gasteiger partial charge in [0.1, 0.15) is 5.82 Å². The summed E-state index contributed by atoms with van der Waals surface area (Å²) in [5.74, 6) is 0.810. The quantitative estimate of drug-likeness (QED) is 0.733. The van der Waals surface area contributed by atoms with Gasteiger partial charge >= 0.3 is 6.03 Å². The maximum Gasteiger partial charge on any atom is 0.321 e. The summed E-state index contributed by atoms with van der Waals surface area (Å²) < 4.78 is 2.07. The van der Waals surface area contributed by atoms with Crippen LogP contribution in [-0.2, 0) is 11.2 Å². The van der Waals surface area contributed by atoms with Crippen molar-refractivity contribution in [1.29, 1.82) is 0 Å². The van der Waals surface area contributed by atoms with E-state index in [4.69, 9.17) is 0 Å². The molecule has 2 atom stereocenters. The van der Waals surface area contributed by atoms with Crippen molar-refractivity contribution in [3.05, 3.63) is 29.3 Å². The molecule has 3 heterocycles. The van der Waals surface area contributed by atoms with Crippen molar-refractivity contribution in [2.75, 3.05) is 11.9 Å². The molecule has 2 aromatic heterocycles. The van der Waals surface area contributed by atoms with E-state index in [1.807, 2.05) is 13.1 Å². The van der Waals surface area contributed by atoms with Gasteiger partial charge in [0.05, 0.1) is 18.2 Å². The number of nitrogens with zero attached hydrogens (tertiary/aromatic N) is 3. The topological polar surface area (TPSA) is 101 Å². The number of thiazole rings is 1. The Balaban J connectivity index is 1.52. The van der Waals surface area contributed by atoms with Crippen molar-refractivity contribution in [1.82, 2.24) is 25.2 Å². The molecule has 25 heavy (non-hydrogen) atoms. The highest BCUT2D eigenvalue weighted by Crippen LogP contribution is 2.32. The second-order valence-electron chi connectivity index (χ2n) is 6.10. The van der Waals surface area contributed by atoms with Gasteiger partial charge < -0.3 is 15.2 Å². The molecule has 0 saturated heterocycles. The summed E-state index contributed by atoms with van der Waals surface area (Å²) in [4.78, 5) is 32.5. The molecule has 3 rings (SSSR count). The van der Waals surface area contributed by atoms with Crippen molar-refractivity contribution in [2.24, 2.45) is 0 Å². The van der Waals surface area contributed by atoms with E-state index in [2.05, 4.69) is 37.4 Å². The van der Waals surface area contributed by atoms with Crippen molar-refractivity contribution in [3.8, 4) is 0 Å². The first-order valence-electron chi connectivity index (χ1n) is 8.38. The van der Waals surface area contributed by atoms with Gasteiger partial charge in [0.25, 0.3) is 0 Å². The zero-order chi connectivity index (χ0) is 17.8. The average Bonchev–Trinajstić information content (AvgIpc) is 3.26. The number of carbonyl (C=O) groups excluding carboxylic acids is 2. The number of nitrogens with one attached hydrogen (secondary N) is 3. The van der Waals surface area contributed by atoms with Crippen molar-refractivity contribution in [3.63, 3.8) is 0 Å². The molecule has 1 aliphatic rings. The van der Waals surface area contributed by atoms with Gasteiger partial charge in [-0.2, -0.15) is 0 Å². The highest BCUT2D eigenvalue weighted by molar-refractivity contribution is 7.13. The summed E-state index contributed by atoms with van der Waals surface area (Å²) in [6.45, 7) is 4.76. The first-order chi connectivity index (χ1) is 12.1. The summed E-state index contributed by atoms with van der Waals surface area (Å²) in [6, 6.07) is -0.106. The number of hydrogen-bond acceptors (Lipinski definition) is 5. The van der Waals surface area contributed by atoms with E-state index in [9.17, 15) is 9.59 Å². The van der Waals surface area contributed by atoms with Gasteiger partial charge in [-0.3, -0.25) is 10.1 Å². The van der Waals surface area contributed by atoms with Gasteiger partial charge in [0.15, 0.2) is 5.13 Å². The lowest BCUT2D eigenvalue weighted by molar-refractivity contribution is -0.120. The van der Waals surface area contributed by atoms with Crippen LogP contribution in [0.25, 0.3) is 0 Å². The molecule has 2 unspecified atom stereocenters. The Morgan fingerprint density at radius 2 is 2.28 bits per heavy atom. The van der Waals surface area contributed by atoms with E-state index in [1.54, 1.807) is 11.6 Å². The number of carbonyl (C=O) groups is 2. The Labute approximate surface area is 150 Å². The number of fused-ring (bicyclic) bond motifs is 1. The lowest BCUT2D eigenvalue weighted by atomic mass is 10.2. The molecule has 0 bridgehead atoms. The highest BCUT2D eigenvalue weighted by atomic mass is 32.1. The van der Waals surface area contributed by atoms with Crippen LogP contribution in [-0.4, -0.2) is 33.0 Å². The summed E-state index contributed by atoms with van der Waals surface area (Å²) >= 11 is 1.31. The first kappa shape index (κ1) is 17.4. The van der Waals surface area contributed by atoms with Crippen LogP contribution in [0.5, 0.6) is 0 Å². The Kier molecular flexibility index (Phi) is 5.32. The fourth-order valence-corrected chi connectivity index (χ4v) is 3.58. The molecule has 9 heteroatoms. The maximum absolute atomic E-state index is 12.2. The minimum atomic E-state index is -0.315. The normalized spacial score (nSPS) is 18.6. The fraction of sp³-hybridized carbons (Fsp3) is 0.500. The third kappa shape index (κ3) is 4.16. The molecule has 0 aromatic carbocycles. The molecule has 134 valence electrons. The Hall–Kier alpha value is -2.42. The lowest BCUT2D eigenvalue weighted by Gasteiger charge is -2.11. The fourth-order valence-electron chi connectivity index (χ4n) is 2.88. The third-order valence-corrected chi connectivity index (χ3v) is 4.86. The summed E-state index contributed by atoms with van der Waals surface area (Å²) in [7, 11) is 0. The van der Waals surface area contributed by atoms with Crippen LogP contribution >= 0.6 is 11.3 Å². The predicted octanol–water partition coefficient (Wildman–Crippen LogP) is 2.24. The molecule has 0 saturated carbocycles. The molecular formula is C16H22N6O2S. The van der Waals surface area contributed by atoms with Gasteiger partial charge in [0, 0.05) is 30.4 Å². The summed E-state index contributed by atoms with van der Waals surface area (Å²) in [5.41, 5.74) is 0.652. The maximum atomic E-state index is 12.2. The van der Waals surface area contributed by atoms with Crippen molar-refractivity contribution < 1.29 is 9.59 Å². The van der Waals surface area contributed by atoms with E-state index in [0.29, 0.717) is 23.4 Å². The highest BCUT2D eigenvalue weighted by Gasteiger charge is 2.30. The van der Waals surface area contributed by atoms with Crippen LogP contribution in [0.15, 0.2) is 17.8 Å². The summed E-state index contributed by atoms with van der Waals surface area (Å²) in [5, 5.41) is 10.7. The Bertz CT molecular complexity index is 755. The van der Waals surface area contributed by atoms with Gasteiger partial charge in [-0.15, -0.1) is 11.3 Å². The van der Waals surface area contributed by atoms with Crippen LogP contribution in [0.3, 0.4) is 0 Å². The van der Waals surface area contributed by atoms with Crippen LogP contribution in [0.4, 0.5) is 9.93 Å². The zero-order valence-electron chi connectivity index (χ0n) is 14.3. The molecule has 2 aromatic rings. The Morgan fingerprint density at radius 3 is 3.08 bits per heavy atom. The molecule has 0 aliphatic carbocycles. The predicted molar refractivity (Wildman–Crippen MR) is 95.6 cm³/mol. The SMILES string of the molecule is CCCNC(=O)Cc1csc(NC(=O)NC2CC(C)n3ccnc32)n1.